The maximum Gasteiger partial charge on any atom is 0.220 e. The van der Waals surface area contributed by atoms with Crippen molar-refractivity contribution >= 4 is 11.9 Å². The van der Waals surface area contributed by atoms with Crippen molar-refractivity contribution in [3.05, 3.63) is 29.8 Å². The lowest BCUT2D eigenvalue weighted by Gasteiger charge is -2.34. The van der Waals surface area contributed by atoms with Gasteiger partial charge in [0.15, 0.2) is 5.96 Å². The minimum Gasteiger partial charge on any atom is -0.492 e. The van der Waals surface area contributed by atoms with E-state index in [0.717, 1.165) is 49.7 Å². The number of likely N-dealkylation sites (N-methyl/N-ethyl adjacent to an activating group) is 1. The van der Waals surface area contributed by atoms with Crippen molar-refractivity contribution in [2.45, 2.75) is 25.8 Å². The summed E-state index contributed by atoms with van der Waals surface area (Å²) in [6, 6.07) is 8.13. The fraction of sp³-hybridized carbons (Fsp3) is 0.619. The van der Waals surface area contributed by atoms with E-state index in [9.17, 15) is 4.79 Å². The Hall–Kier alpha value is -2.28. The van der Waals surface area contributed by atoms with Crippen molar-refractivity contribution < 1.29 is 9.53 Å². The Morgan fingerprint density at radius 3 is 2.64 bits per heavy atom. The Bertz CT molecular complexity index is 639. The molecular weight excluding hydrogens is 354 g/mol. The molecule has 2 N–H and O–H groups in total. The SMILES string of the molecule is CN=C(NCc1ccccc1OCCN(C)C)N1CCC(CC(=O)NC)CC1. The van der Waals surface area contributed by atoms with Gasteiger partial charge in [-0.05, 0) is 38.9 Å². The van der Waals surface area contributed by atoms with E-state index in [1.165, 1.54) is 0 Å². The van der Waals surface area contributed by atoms with Gasteiger partial charge in [-0.1, -0.05) is 18.2 Å². The largest absolute Gasteiger partial charge is 0.492 e. The van der Waals surface area contributed by atoms with E-state index < -0.39 is 0 Å². The van der Waals surface area contributed by atoms with Gasteiger partial charge in [0.05, 0.1) is 0 Å². The Balaban J connectivity index is 1.85. The van der Waals surface area contributed by atoms with E-state index in [2.05, 4.69) is 31.5 Å². The second-order valence-electron chi connectivity index (χ2n) is 7.47. The number of aliphatic imine (C=N–C) groups is 1. The van der Waals surface area contributed by atoms with Gasteiger partial charge in [-0.3, -0.25) is 9.79 Å². The fourth-order valence-electron chi connectivity index (χ4n) is 3.35. The predicted octanol–water partition coefficient (Wildman–Crippen LogP) is 1.55. The highest BCUT2D eigenvalue weighted by Crippen LogP contribution is 2.21. The normalized spacial score (nSPS) is 15.6. The van der Waals surface area contributed by atoms with Gasteiger partial charge < -0.3 is 25.2 Å². The van der Waals surface area contributed by atoms with Crippen LogP contribution in [0.1, 0.15) is 24.8 Å². The Morgan fingerprint density at radius 2 is 2.00 bits per heavy atom. The Morgan fingerprint density at radius 1 is 1.29 bits per heavy atom. The van der Waals surface area contributed by atoms with Crippen LogP contribution in [0.3, 0.4) is 0 Å². The molecule has 0 spiro atoms. The summed E-state index contributed by atoms with van der Waals surface area (Å²) in [5.41, 5.74) is 1.12. The molecule has 7 nitrogen and oxygen atoms in total. The number of hydrogen-bond acceptors (Lipinski definition) is 4. The number of carbonyl (C=O) groups excluding carboxylic acids is 1. The van der Waals surface area contributed by atoms with E-state index in [-0.39, 0.29) is 5.91 Å². The van der Waals surface area contributed by atoms with Crippen LogP contribution in [0.25, 0.3) is 0 Å². The van der Waals surface area contributed by atoms with E-state index in [0.29, 0.717) is 25.5 Å². The molecule has 0 aromatic heterocycles. The third kappa shape index (κ3) is 7.03. The van der Waals surface area contributed by atoms with Gasteiger partial charge in [0, 0.05) is 52.3 Å². The number of guanidine groups is 1. The number of para-hydroxylation sites is 1. The molecule has 1 aliphatic heterocycles. The highest BCUT2D eigenvalue weighted by molar-refractivity contribution is 5.80. The molecular formula is C21H35N5O2. The van der Waals surface area contributed by atoms with Crippen molar-refractivity contribution in [1.82, 2.24) is 20.4 Å². The standard InChI is InChI=1S/C21H35N5O2/c1-22-20(27)15-17-9-11-26(12-10-17)21(23-2)24-16-18-7-5-6-8-19(18)28-14-13-25(3)4/h5-8,17H,9-16H2,1-4H3,(H,22,27)(H,23,24). The monoisotopic (exact) mass is 389 g/mol. The van der Waals surface area contributed by atoms with Crippen LogP contribution < -0.4 is 15.4 Å². The lowest BCUT2D eigenvalue weighted by molar-refractivity contribution is -0.121. The van der Waals surface area contributed by atoms with Crippen LogP contribution in [-0.2, 0) is 11.3 Å². The summed E-state index contributed by atoms with van der Waals surface area (Å²) in [4.78, 5) is 20.4. The van der Waals surface area contributed by atoms with Crippen LogP contribution in [0.5, 0.6) is 5.75 Å². The first-order chi connectivity index (χ1) is 13.5. The number of rotatable bonds is 8. The number of carbonyl (C=O) groups is 1. The summed E-state index contributed by atoms with van der Waals surface area (Å²) in [7, 11) is 7.60. The second kappa shape index (κ2) is 11.5. The van der Waals surface area contributed by atoms with Crippen molar-refractivity contribution in [1.29, 1.82) is 0 Å². The van der Waals surface area contributed by atoms with Gasteiger partial charge in [0.25, 0.3) is 0 Å². The summed E-state index contributed by atoms with van der Waals surface area (Å²) in [6.07, 6.45) is 2.64. The summed E-state index contributed by atoms with van der Waals surface area (Å²) < 4.78 is 5.95. The average molecular weight is 390 g/mol. The molecule has 1 aromatic carbocycles. The van der Waals surface area contributed by atoms with Crippen LogP contribution >= 0.6 is 0 Å². The zero-order chi connectivity index (χ0) is 20.4. The van der Waals surface area contributed by atoms with Crippen molar-refractivity contribution in [3.63, 3.8) is 0 Å². The minimum absolute atomic E-state index is 0.131. The van der Waals surface area contributed by atoms with E-state index in [1.54, 1.807) is 7.05 Å². The molecule has 1 heterocycles. The third-order valence-electron chi connectivity index (χ3n) is 5.08. The number of amides is 1. The zero-order valence-electron chi connectivity index (χ0n) is 17.7. The molecule has 7 heteroatoms. The maximum absolute atomic E-state index is 11.6. The third-order valence-corrected chi connectivity index (χ3v) is 5.08. The van der Waals surface area contributed by atoms with Crippen LogP contribution in [0.4, 0.5) is 0 Å². The molecule has 0 bridgehead atoms. The molecule has 0 saturated carbocycles. The molecule has 1 saturated heterocycles. The van der Waals surface area contributed by atoms with Gasteiger partial charge >= 0.3 is 0 Å². The molecule has 0 unspecified atom stereocenters. The molecule has 2 rings (SSSR count). The molecule has 156 valence electrons. The summed E-state index contributed by atoms with van der Waals surface area (Å²) in [5.74, 6) is 2.41. The fourth-order valence-corrected chi connectivity index (χ4v) is 3.35. The van der Waals surface area contributed by atoms with Crippen LogP contribution in [0.15, 0.2) is 29.3 Å². The lowest BCUT2D eigenvalue weighted by Crippen LogP contribution is -2.45. The average Bonchev–Trinajstić information content (AvgIpc) is 2.70. The second-order valence-corrected chi connectivity index (χ2v) is 7.47. The Labute approximate surface area is 169 Å². The lowest BCUT2D eigenvalue weighted by atomic mass is 9.93. The summed E-state index contributed by atoms with van der Waals surface area (Å²) in [6.45, 7) is 4.06. The number of likely N-dealkylation sites (tertiary alicyclic amines) is 1. The highest BCUT2D eigenvalue weighted by atomic mass is 16.5. The molecule has 1 fully saturated rings. The summed E-state index contributed by atoms with van der Waals surface area (Å²) >= 11 is 0. The van der Waals surface area contributed by atoms with Crippen LogP contribution in [-0.4, -0.2) is 76.1 Å². The van der Waals surface area contributed by atoms with E-state index in [4.69, 9.17) is 4.74 Å². The van der Waals surface area contributed by atoms with Gasteiger partial charge in [-0.25, -0.2) is 0 Å². The number of benzene rings is 1. The van der Waals surface area contributed by atoms with Gasteiger partial charge in [-0.2, -0.15) is 0 Å². The van der Waals surface area contributed by atoms with Crippen molar-refractivity contribution in [2.75, 3.05) is 54.4 Å². The van der Waals surface area contributed by atoms with Crippen molar-refractivity contribution in [3.8, 4) is 5.75 Å². The smallest absolute Gasteiger partial charge is 0.220 e. The number of nitrogens with one attached hydrogen (secondary N) is 2. The molecule has 1 aromatic rings. The molecule has 1 amide bonds. The minimum atomic E-state index is 0.131. The molecule has 0 aliphatic carbocycles. The number of piperidine rings is 1. The van der Waals surface area contributed by atoms with Gasteiger partial charge in [-0.15, -0.1) is 0 Å². The number of ether oxygens (including phenoxy) is 1. The first-order valence-electron chi connectivity index (χ1n) is 10.0. The number of hydrogen-bond donors (Lipinski definition) is 2. The van der Waals surface area contributed by atoms with Crippen LogP contribution in [0.2, 0.25) is 0 Å². The maximum atomic E-state index is 11.6. The molecule has 28 heavy (non-hydrogen) atoms. The molecule has 1 aliphatic rings. The zero-order valence-corrected chi connectivity index (χ0v) is 17.7. The summed E-state index contributed by atoms with van der Waals surface area (Å²) in [5, 5.41) is 6.19. The molecule has 0 atom stereocenters. The number of nitrogens with zero attached hydrogens (tertiary/aromatic N) is 3. The van der Waals surface area contributed by atoms with Crippen molar-refractivity contribution in [2.24, 2.45) is 10.9 Å². The van der Waals surface area contributed by atoms with E-state index >= 15 is 0 Å². The first kappa shape index (κ1) is 22.0. The van der Waals surface area contributed by atoms with Gasteiger partial charge in [0.1, 0.15) is 12.4 Å². The van der Waals surface area contributed by atoms with E-state index in [1.807, 2.05) is 39.3 Å². The highest BCUT2D eigenvalue weighted by Gasteiger charge is 2.23. The van der Waals surface area contributed by atoms with Gasteiger partial charge in [0.2, 0.25) is 5.91 Å². The quantitative estimate of drug-likeness (QED) is 0.522. The predicted molar refractivity (Wildman–Crippen MR) is 114 cm³/mol. The first-order valence-corrected chi connectivity index (χ1v) is 10.0. The van der Waals surface area contributed by atoms with Crippen LogP contribution in [0, 0.1) is 5.92 Å². The molecule has 0 radical (unpaired) electrons. The topological polar surface area (TPSA) is 69.2 Å². The Kier molecular flexibility index (Phi) is 9.07.